The van der Waals surface area contributed by atoms with E-state index in [4.69, 9.17) is 9.47 Å². The number of hydrogen-bond acceptors (Lipinski definition) is 5. The van der Waals surface area contributed by atoms with Crippen LogP contribution in [0.2, 0.25) is 0 Å². The van der Waals surface area contributed by atoms with Crippen LogP contribution < -0.4 is 14.8 Å². The molecule has 0 saturated heterocycles. The third-order valence-electron chi connectivity index (χ3n) is 2.66. The summed E-state index contributed by atoms with van der Waals surface area (Å²) in [5, 5.41) is 3.01. The van der Waals surface area contributed by atoms with Gasteiger partial charge < -0.3 is 14.8 Å². The Kier molecular flexibility index (Phi) is 4.76. The van der Waals surface area contributed by atoms with E-state index in [0.717, 1.165) is 17.3 Å². The lowest BCUT2D eigenvalue weighted by Gasteiger charge is -2.11. The molecule has 2 rings (SSSR count). The highest BCUT2D eigenvalue weighted by atomic mass is 16.5. The van der Waals surface area contributed by atoms with Gasteiger partial charge in [0.25, 0.3) is 0 Å². The fraction of sp³-hybridized carbons (Fsp3) is 0.333. The molecule has 0 unspecified atom stereocenters. The van der Waals surface area contributed by atoms with Crippen LogP contribution in [0.25, 0.3) is 0 Å². The first-order valence-electron chi connectivity index (χ1n) is 6.60. The van der Waals surface area contributed by atoms with Crippen molar-refractivity contribution in [1.82, 2.24) is 9.97 Å². The molecule has 0 aliphatic carbocycles. The molecule has 0 bridgehead atoms. The average Bonchev–Trinajstić information content (AvgIpc) is 2.46. The van der Waals surface area contributed by atoms with Crippen LogP contribution in [-0.4, -0.2) is 23.6 Å². The number of nitrogens with one attached hydrogen (secondary N) is 1. The smallest absolute Gasteiger partial charge is 0.168 e. The molecule has 0 radical (unpaired) electrons. The minimum Gasteiger partial charge on any atom is -0.490 e. The van der Waals surface area contributed by atoms with E-state index in [1.54, 1.807) is 0 Å². The van der Waals surface area contributed by atoms with Gasteiger partial charge in [0.1, 0.15) is 12.4 Å². The highest BCUT2D eigenvalue weighted by molar-refractivity contribution is 5.39. The minimum atomic E-state index is 0.306. The van der Waals surface area contributed by atoms with Gasteiger partial charge in [-0.25, -0.2) is 9.97 Å². The summed E-state index contributed by atoms with van der Waals surface area (Å²) >= 11 is 0. The van der Waals surface area contributed by atoms with Gasteiger partial charge in [-0.1, -0.05) is 12.1 Å². The number of ether oxygens (including phenoxy) is 2. The molecule has 1 aromatic heterocycles. The second-order valence-electron chi connectivity index (χ2n) is 4.23. The summed E-state index contributed by atoms with van der Waals surface area (Å²) in [5.41, 5.74) is 0.904. The van der Waals surface area contributed by atoms with Crippen molar-refractivity contribution < 1.29 is 9.47 Å². The molecular weight excluding hydrogens is 254 g/mol. The molecule has 0 aliphatic heterocycles. The molecule has 1 aromatic carbocycles. The Hall–Kier alpha value is -2.30. The van der Waals surface area contributed by atoms with E-state index in [2.05, 4.69) is 15.3 Å². The Bertz CT molecular complexity index is 573. The van der Waals surface area contributed by atoms with Gasteiger partial charge in [-0.05, 0) is 26.0 Å². The van der Waals surface area contributed by atoms with E-state index >= 15 is 0 Å². The number of nitrogens with zero attached hydrogens (tertiary/aromatic N) is 2. The Balaban J connectivity index is 2.10. The zero-order chi connectivity index (χ0) is 14.4. The number of para-hydroxylation sites is 2. The number of rotatable bonds is 6. The van der Waals surface area contributed by atoms with Crippen molar-refractivity contribution in [2.24, 2.45) is 0 Å². The first-order chi connectivity index (χ1) is 9.72. The molecule has 0 atom stereocenters. The monoisotopic (exact) mass is 273 g/mol. The highest BCUT2D eigenvalue weighted by Gasteiger charge is 2.06. The summed E-state index contributed by atoms with van der Waals surface area (Å²) < 4.78 is 11.3. The van der Waals surface area contributed by atoms with Crippen LogP contribution in [0.3, 0.4) is 0 Å². The van der Waals surface area contributed by atoms with Crippen LogP contribution in [0.15, 0.2) is 30.3 Å². The zero-order valence-corrected chi connectivity index (χ0v) is 12.0. The van der Waals surface area contributed by atoms with Crippen molar-refractivity contribution in [2.45, 2.75) is 20.5 Å². The maximum Gasteiger partial charge on any atom is 0.168 e. The minimum absolute atomic E-state index is 0.306. The van der Waals surface area contributed by atoms with Crippen LogP contribution in [0.5, 0.6) is 11.5 Å². The molecule has 1 N–H and O–H groups in total. The topological polar surface area (TPSA) is 56.3 Å². The lowest BCUT2D eigenvalue weighted by atomic mass is 10.3. The lowest BCUT2D eigenvalue weighted by Crippen LogP contribution is -2.06. The second-order valence-corrected chi connectivity index (χ2v) is 4.23. The summed E-state index contributed by atoms with van der Waals surface area (Å²) in [5.74, 6) is 2.86. The molecule has 5 heteroatoms. The summed E-state index contributed by atoms with van der Waals surface area (Å²) in [6.07, 6.45) is 0. The predicted octanol–water partition coefficient (Wildman–Crippen LogP) is 2.80. The Morgan fingerprint density at radius 2 is 1.80 bits per heavy atom. The van der Waals surface area contributed by atoms with Crippen LogP contribution in [-0.2, 0) is 6.61 Å². The van der Waals surface area contributed by atoms with Crippen molar-refractivity contribution in [3.8, 4) is 11.5 Å². The first kappa shape index (κ1) is 14.1. The summed E-state index contributed by atoms with van der Waals surface area (Å²) in [4.78, 5) is 8.71. The third kappa shape index (κ3) is 3.60. The van der Waals surface area contributed by atoms with Gasteiger partial charge >= 0.3 is 0 Å². The van der Waals surface area contributed by atoms with Crippen molar-refractivity contribution in [3.63, 3.8) is 0 Å². The number of anilines is 1. The van der Waals surface area contributed by atoms with Gasteiger partial charge in [0.2, 0.25) is 0 Å². The molecule has 1 heterocycles. The molecule has 0 aliphatic rings. The molecule has 5 nitrogen and oxygen atoms in total. The number of hydrogen-bond donors (Lipinski definition) is 1. The highest BCUT2D eigenvalue weighted by Crippen LogP contribution is 2.26. The molecule has 0 amide bonds. The summed E-state index contributed by atoms with van der Waals surface area (Å²) in [7, 11) is 1.83. The quantitative estimate of drug-likeness (QED) is 0.877. The molecule has 106 valence electrons. The number of aryl methyl sites for hydroxylation is 1. The standard InChI is InChI=1S/C15H19N3O2/c1-4-19-12-7-5-6-8-13(12)20-10-15-17-11(2)9-14(16-3)18-15/h5-9H,4,10H2,1-3H3,(H,16,17,18). The van der Waals surface area contributed by atoms with Crippen LogP contribution in [0.1, 0.15) is 18.4 Å². The van der Waals surface area contributed by atoms with E-state index in [-0.39, 0.29) is 0 Å². The van der Waals surface area contributed by atoms with Crippen LogP contribution in [0, 0.1) is 6.92 Å². The van der Waals surface area contributed by atoms with Gasteiger partial charge in [-0.2, -0.15) is 0 Å². The van der Waals surface area contributed by atoms with Gasteiger partial charge in [0.05, 0.1) is 6.61 Å². The third-order valence-corrected chi connectivity index (χ3v) is 2.66. The maximum atomic E-state index is 5.75. The van der Waals surface area contributed by atoms with Crippen molar-refractivity contribution in [3.05, 3.63) is 41.9 Å². The van der Waals surface area contributed by atoms with Gasteiger partial charge in [-0.3, -0.25) is 0 Å². The molecule has 20 heavy (non-hydrogen) atoms. The van der Waals surface area contributed by atoms with Gasteiger partial charge in [0, 0.05) is 18.8 Å². The van der Waals surface area contributed by atoms with E-state index in [1.165, 1.54) is 0 Å². The van der Waals surface area contributed by atoms with E-state index in [1.807, 2.05) is 51.2 Å². The summed E-state index contributed by atoms with van der Waals surface area (Å²) in [6, 6.07) is 9.47. The number of benzene rings is 1. The zero-order valence-electron chi connectivity index (χ0n) is 12.0. The Morgan fingerprint density at radius 3 is 2.45 bits per heavy atom. The molecular formula is C15H19N3O2. The average molecular weight is 273 g/mol. The Labute approximate surface area is 119 Å². The maximum absolute atomic E-state index is 5.75. The van der Waals surface area contributed by atoms with Gasteiger partial charge in [0.15, 0.2) is 17.3 Å². The van der Waals surface area contributed by atoms with Crippen LogP contribution >= 0.6 is 0 Å². The molecule has 2 aromatic rings. The van der Waals surface area contributed by atoms with Crippen molar-refractivity contribution in [1.29, 1.82) is 0 Å². The van der Waals surface area contributed by atoms with Crippen molar-refractivity contribution >= 4 is 5.82 Å². The normalized spacial score (nSPS) is 10.2. The largest absolute Gasteiger partial charge is 0.490 e. The predicted molar refractivity (Wildman–Crippen MR) is 78.3 cm³/mol. The SMILES string of the molecule is CCOc1ccccc1OCc1nc(C)cc(NC)n1. The molecule has 0 spiro atoms. The van der Waals surface area contributed by atoms with E-state index in [9.17, 15) is 0 Å². The Morgan fingerprint density at radius 1 is 1.10 bits per heavy atom. The molecule has 0 fully saturated rings. The second kappa shape index (κ2) is 6.75. The van der Waals surface area contributed by atoms with E-state index in [0.29, 0.717) is 24.8 Å². The van der Waals surface area contributed by atoms with Gasteiger partial charge in [-0.15, -0.1) is 0 Å². The van der Waals surface area contributed by atoms with Crippen molar-refractivity contribution in [2.75, 3.05) is 19.0 Å². The van der Waals surface area contributed by atoms with E-state index < -0.39 is 0 Å². The first-order valence-corrected chi connectivity index (χ1v) is 6.60. The number of aromatic nitrogens is 2. The fourth-order valence-electron chi connectivity index (χ4n) is 1.81. The fourth-order valence-corrected chi connectivity index (χ4v) is 1.81. The molecule has 0 saturated carbocycles. The lowest BCUT2D eigenvalue weighted by molar-refractivity contribution is 0.263. The van der Waals surface area contributed by atoms with Crippen LogP contribution in [0.4, 0.5) is 5.82 Å². The summed E-state index contributed by atoms with van der Waals surface area (Å²) in [6.45, 7) is 4.78.